The third kappa shape index (κ3) is 4.22. The molecule has 1 amide bonds. The van der Waals surface area contributed by atoms with E-state index in [-0.39, 0.29) is 28.1 Å². The van der Waals surface area contributed by atoms with Gasteiger partial charge in [0, 0.05) is 12.5 Å². The summed E-state index contributed by atoms with van der Waals surface area (Å²) in [6.45, 7) is 5.02. The van der Waals surface area contributed by atoms with Crippen LogP contribution in [0.1, 0.15) is 24.2 Å². The van der Waals surface area contributed by atoms with E-state index in [1.54, 1.807) is 13.0 Å². The smallest absolute Gasteiger partial charge is 0.339 e. The zero-order valence-corrected chi connectivity index (χ0v) is 11.6. The number of benzene rings is 1. The minimum atomic E-state index is -1.17. The van der Waals surface area contributed by atoms with Gasteiger partial charge in [-0.2, -0.15) is 0 Å². The first-order chi connectivity index (χ1) is 8.97. The highest BCUT2D eigenvalue weighted by atomic mass is 35.5. The quantitative estimate of drug-likeness (QED) is 0.748. The number of halogens is 1. The SMILES string of the molecule is CCNCC(C)C(=O)Nc1cccc(Cl)c1C(=O)O. The molecule has 0 saturated carbocycles. The molecule has 19 heavy (non-hydrogen) atoms. The van der Waals surface area contributed by atoms with Crippen LogP contribution in [-0.2, 0) is 4.79 Å². The zero-order valence-electron chi connectivity index (χ0n) is 10.9. The van der Waals surface area contributed by atoms with Crippen molar-refractivity contribution in [2.75, 3.05) is 18.4 Å². The number of hydrogen-bond donors (Lipinski definition) is 3. The van der Waals surface area contributed by atoms with E-state index in [0.717, 1.165) is 6.54 Å². The van der Waals surface area contributed by atoms with E-state index in [0.29, 0.717) is 6.54 Å². The summed E-state index contributed by atoms with van der Waals surface area (Å²) in [5, 5.41) is 14.9. The third-order valence-corrected chi connectivity index (χ3v) is 2.95. The van der Waals surface area contributed by atoms with Gasteiger partial charge in [0.1, 0.15) is 5.56 Å². The van der Waals surface area contributed by atoms with Crippen molar-refractivity contribution in [3.05, 3.63) is 28.8 Å². The highest BCUT2D eigenvalue weighted by molar-refractivity contribution is 6.34. The first-order valence-corrected chi connectivity index (χ1v) is 6.38. The Morgan fingerprint density at radius 2 is 2.11 bits per heavy atom. The van der Waals surface area contributed by atoms with Crippen LogP contribution < -0.4 is 10.6 Å². The summed E-state index contributed by atoms with van der Waals surface area (Å²) >= 11 is 5.83. The van der Waals surface area contributed by atoms with Crippen molar-refractivity contribution in [2.45, 2.75) is 13.8 Å². The van der Waals surface area contributed by atoms with E-state index in [4.69, 9.17) is 16.7 Å². The number of carboxylic acid groups (broad SMARTS) is 1. The number of amides is 1. The molecule has 1 aromatic rings. The van der Waals surface area contributed by atoms with Crippen LogP contribution in [0.4, 0.5) is 5.69 Å². The number of anilines is 1. The Kier molecular flexibility index (Phi) is 5.79. The molecule has 3 N–H and O–H groups in total. The molecule has 0 aromatic heterocycles. The summed E-state index contributed by atoms with van der Waals surface area (Å²) in [5.41, 5.74) is 0.126. The first-order valence-electron chi connectivity index (χ1n) is 6.00. The van der Waals surface area contributed by atoms with Crippen molar-refractivity contribution in [1.82, 2.24) is 5.32 Å². The Morgan fingerprint density at radius 1 is 1.42 bits per heavy atom. The largest absolute Gasteiger partial charge is 0.478 e. The molecule has 1 atom stereocenters. The maximum Gasteiger partial charge on any atom is 0.339 e. The summed E-state index contributed by atoms with van der Waals surface area (Å²) in [4.78, 5) is 23.0. The van der Waals surface area contributed by atoms with Crippen molar-refractivity contribution in [2.24, 2.45) is 5.92 Å². The van der Waals surface area contributed by atoms with Crippen LogP contribution in [0.3, 0.4) is 0 Å². The summed E-state index contributed by atoms with van der Waals surface area (Å²) in [5.74, 6) is -1.67. The number of hydrogen-bond acceptors (Lipinski definition) is 3. The van der Waals surface area contributed by atoms with Crippen molar-refractivity contribution < 1.29 is 14.7 Å². The minimum absolute atomic E-state index is 0.0897. The van der Waals surface area contributed by atoms with Gasteiger partial charge in [0.25, 0.3) is 0 Å². The summed E-state index contributed by atoms with van der Waals surface area (Å²) in [7, 11) is 0. The molecule has 1 aromatic carbocycles. The van der Waals surface area contributed by atoms with Gasteiger partial charge < -0.3 is 15.7 Å². The molecule has 1 rings (SSSR count). The Balaban J connectivity index is 2.85. The van der Waals surface area contributed by atoms with Crippen molar-refractivity contribution >= 4 is 29.2 Å². The van der Waals surface area contributed by atoms with Gasteiger partial charge in [0.15, 0.2) is 0 Å². The molecule has 0 aliphatic carbocycles. The van der Waals surface area contributed by atoms with Crippen molar-refractivity contribution in [3.63, 3.8) is 0 Å². The van der Waals surface area contributed by atoms with Gasteiger partial charge in [-0.3, -0.25) is 4.79 Å². The molecule has 5 nitrogen and oxygen atoms in total. The van der Waals surface area contributed by atoms with Gasteiger partial charge in [-0.05, 0) is 18.7 Å². The highest BCUT2D eigenvalue weighted by Crippen LogP contribution is 2.24. The van der Waals surface area contributed by atoms with E-state index in [1.807, 2.05) is 6.92 Å². The topological polar surface area (TPSA) is 78.4 Å². The molecule has 6 heteroatoms. The molecule has 0 saturated heterocycles. The van der Waals surface area contributed by atoms with Crippen LogP contribution in [0.5, 0.6) is 0 Å². The van der Waals surface area contributed by atoms with Crippen molar-refractivity contribution in [1.29, 1.82) is 0 Å². The lowest BCUT2D eigenvalue weighted by Gasteiger charge is -2.14. The zero-order chi connectivity index (χ0) is 14.4. The molecular weight excluding hydrogens is 268 g/mol. The fourth-order valence-electron chi connectivity index (χ4n) is 1.56. The Bertz CT molecular complexity index is 477. The molecule has 1 unspecified atom stereocenters. The lowest BCUT2D eigenvalue weighted by Crippen LogP contribution is -2.30. The number of carboxylic acids is 1. The van der Waals surface area contributed by atoms with Gasteiger partial charge >= 0.3 is 5.97 Å². The number of carbonyl (C=O) groups is 2. The lowest BCUT2D eigenvalue weighted by atomic mass is 10.1. The highest BCUT2D eigenvalue weighted by Gasteiger charge is 2.18. The van der Waals surface area contributed by atoms with Gasteiger partial charge in [-0.1, -0.05) is 31.5 Å². The average Bonchev–Trinajstić information content (AvgIpc) is 2.35. The number of carbonyl (C=O) groups excluding carboxylic acids is 1. The van der Waals surface area contributed by atoms with E-state index in [2.05, 4.69) is 10.6 Å². The molecule has 0 spiro atoms. The van der Waals surface area contributed by atoms with Crippen LogP contribution in [0.2, 0.25) is 5.02 Å². The monoisotopic (exact) mass is 284 g/mol. The molecular formula is C13H17ClN2O3. The molecule has 0 heterocycles. The molecule has 0 fully saturated rings. The predicted octanol–water partition coefficient (Wildman–Crippen LogP) is 2.22. The van der Waals surface area contributed by atoms with E-state index in [1.165, 1.54) is 12.1 Å². The van der Waals surface area contributed by atoms with Gasteiger partial charge in [0.2, 0.25) is 5.91 Å². The van der Waals surface area contributed by atoms with Gasteiger partial charge in [-0.25, -0.2) is 4.79 Å². The summed E-state index contributed by atoms with van der Waals surface area (Å²) in [6.07, 6.45) is 0. The standard InChI is InChI=1S/C13H17ClN2O3/c1-3-15-7-8(2)12(17)16-10-6-4-5-9(14)11(10)13(18)19/h4-6,8,15H,3,7H2,1-2H3,(H,16,17)(H,18,19). The molecule has 0 bridgehead atoms. The molecule has 0 aliphatic rings. The second-order valence-electron chi connectivity index (χ2n) is 4.17. The molecule has 0 radical (unpaired) electrons. The Hall–Kier alpha value is -1.59. The first kappa shape index (κ1) is 15.5. The number of rotatable bonds is 6. The lowest BCUT2D eigenvalue weighted by molar-refractivity contribution is -0.119. The fourth-order valence-corrected chi connectivity index (χ4v) is 1.81. The molecule has 0 aliphatic heterocycles. The maximum absolute atomic E-state index is 11.9. The van der Waals surface area contributed by atoms with Gasteiger partial charge in [0.05, 0.1) is 10.7 Å². The second-order valence-corrected chi connectivity index (χ2v) is 4.57. The average molecular weight is 285 g/mol. The van der Waals surface area contributed by atoms with E-state index < -0.39 is 5.97 Å². The number of aromatic carboxylic acids is 1. The van der Waals surface area contributed by atoms with Crippen LogP contribution in [-0.4, -0.2) is 30.1 Å². The summed E-state index contributed by atoms with van der Waals surface area (Å²) < 4.78 is 0. The third-order valence-electron chi connectivity index (χ3n) is 2.63. The van der Waals surface area contributed by atoms with E-state index in [9.17, 15) is 9.59 Å². The predicted molar refractivity (Wildman–Crippen MR) is 74.7 cm³/mol. The second kappa shape index (κ2) is 7.11. The van der Waals surface area contributed by atoms with Crippen LogP contribution in [0, 0.1) is 5.92 Å². The fraction of sp³-hybridized carbons (Fsp3) is 0.385. The van der Waals surface area contributed by atoms with Crippen LogP contribution >= 0.6 is 11.6 Å². The van der Waals surface area contributed by atoms with Crippen molar-refractivity contribution in [3.8, 4) is 0 Å². The van der Waals surface area contributed by atoms with Gasteiger partial charge in [-0.15, -0.1) is 0 Å². The maximum atomic E-state index is 11.9. The number of nitrogens with one attached hydrogen (secondary N) is 2. The minimum Gasteiger partial charge on any atom is -0.478 e. The normalized spacial score (nSPS) is 11.9. The van der Waals surface area contributed by atoms with E-state index >= 15 is 0 Å². The Morgan fingerprint density at radius 3 is 2.68 bits per heavy atom. The summed E-state index contributed by atoms with van der Waals surface area (Å²) in [6, 6.07) is 4.59. The Labute approximate surface area is 117 Å². The van der Waals surface area contributed by atoms with Crippen LogP contribution in [0.15, 0.2) is 18.2 Å². The molecule has 104 valence electrons. The van der Waals surface area contributed by atoms with Crippen LogP contribution in [0.25, 0.3) is 0 Å².